The molecular formula is C17H19N3O. The number of rotatable bonds is 3. The van der Waals surface area contributed by atoms with Crippen LogP contribution in [-0.2, 0) is 0 Å². The zero-order valence-corrected chi connectivity index (χ0v) is 12.0. The summed E-state index contributed by atoms with van der Waals surface area (Å²) in [6.45, 7) is 2.20. The summed E-state index contributed by atoms with van der Waals surface area (Å²) in [5.74, 6) is -0.104. The van der Waals surface area contributed by atoms with Crippen molar-refractivity contribution in [3.8, 4) is 0 Å². The van der Waals surface area contributed by atoms with Crippen LogP contribution in [0.2, 0.25) is 0 Å². The highest BCUT2D eigenvalue weighted by atomic mass is 16.1. The average molecular weight is 281 g/mol. The van der Waals surface area contributed by atoms with Gasteiger partial charge in [0.25, 0.3) is 5.91 Å². The fourth-order valence-corrected chi connectivity index (χ4v) is 2.64. The SMILES string of the molecule is O=C(Nc1cccc(N2CCCCC2)c1)c1ccncc1. The van der Waals surface area contributed by atoms with Gasteiger partial charge in [0.1, 0.15) is 0 Å². The van der Waals surface area contributed by atoms with Crippen molar-refractivity contribution in [2.45, 2.75) is 19.3 Å². The topological polar surface area (TPSA) is 45.2 Å². The number of aromatic nitrogens is 1. The van der Waals surface area contributed by atoms with E-state index in [1.54, 1.807) is 24.5 Å². The van der Waals surface area contributed by atoms with Gasteiger partial charge in [-0.2, -0.15) is 0 Å². The maximum absolute atomic E-state index is 12.1. The van der Waals surface area contributed by atoms with Gasteiger partial charge in [-0.05, 0) is 49.6 Å². The first kappa shape index (κ1) is 13.6. The van der Waals surface area contributed by atoms with Gasteiger partial charge >= 0.3 is 0 Å². The Morgan fingerprint density at radius 3 is 2.57 bits per heavy atom. The van der Waals surface area contributed by atoms with Gasteiger partial charge < -0.3 is 10.2 Å². The highest BCUT2D eigenvalue weighted by Crippen LogP contribution is 2.23. The molecule has 0 spiro atoms. The molecule has 0 unspecified atom stereocenters. The summed E-state index contributed by atoms with van der Waals surface area (Å²) < 4.78 is 0. The maximum atomic E-state index is 12.1. The number of nitrogens with one attached hydrogen (secondary N) is 1. The fraction of sp³-hybridized carbons (Fsp3) is 0.294. The van der Waals surface area contributed by atoms with E-state index in [0.717, 1.165) is 18.8 Å². The Kier molecular flexibility index (Phi) is 4.15. The summed E-state index contributed by atoms with van der Waals surface area (Å²) in [5.41, 5.74) is 2.63. The molecule has 1 saturated heterocycles. The van der Waals surface area contributed by atoms with E-state index in [9.17, 15) is 4.79 Å². The summed E-state index contributed by atoms with van der Waals surface area (Å²) in [5, 5.41) is 2.94. The van der Waals surface area contributed by atoms with Crippen LogP contribution in [-0.4, -0.2) is 24.0 Å². The Hall–Kier alpha value is -2.36. The molecule has 0 atom stereocenters. The predicted octanol–water partition coefficient (Wildman–Crippen LogP) is 3.32. The number of pyridine rings is 1. The van der Waals surface area contributed by atoms with E-state index < -0.39 is 0 Å². The molecule has 1 amide bonds. The van der Waals surface area contributed by atoms with Gasteiger partial charge in [-0.1, -0.05) is 6.07 Å². The van der Waals surface area contributed by atoms with E-state index in [1.165, 1.54) is 24.9 Å². The van der Waals surface area contributed by atoms with E-state index in [0.29, 0.717) is 5.56 Å². The number of carbonyl (C=O) groups is 1. The van der Waals surface area contributed by atoms with Crippen molar-refractivity contribution in [2.75, 3.05) is 23.3 Å². The molecule has 1 N–H and O–H groups in total. The number of nitrogens with zero attached hydrogens (tertiary/aromatic N) is 2. The van der Waals surface area contributed by atoms with Gasteiger partial charge in [-0.3, -0.25) is 9.78 Å². The lowest BCUT2D eigenvalue weighted by Gasteiger charge is -2.29. The van der Waals surface area contributed by atoms with E-state index in [4.69, 9.17) is 0 Å². The molecule has 1 aliphatic heterocycles. The molecule has 0 bridgehead atoms. The quantitative estimate of drug-likeness (QED) is 0.938. The van der Waals surface area contributed by atoms with Crippen LogP contribution in [0.15, 0.2) is 48.8 Å². The average Bonchev–Trinajstić information content (AvgIpc) is 2.57. The van der Waals surface area contributed by atoms with Crippen LogP contribution < -0.4 is 10.2 Å². The summed E-state index contributed by atoms with van der Waals surface area (Å²) >= 11 is 0. The third kappa shape index (κ3) is 3.40. The van der Waals surface area contributed by atoms with Crippen molar-refractivity contribution in [3.05, 3.63) is 54.4 Å². The number of benzene rings is 1. The van der Waals surface area contributed by atoms with Gasteiger partial charge in [0.15, 0.2) is 0 Å². The Labute approximate surface area is 124 Å². The normalized spacial score (nSPS) is 14.8. The fourth-order valence-electron chi connectivity index (χ4n) is 2.64. The molecule has 0 aliphatic carbocycles. The molecular weight excluding hydrogens is 262 g/mol. The molecule has 1 aromatic carbocycles. The van der Waals surface area contributed by atoms with Gasteiger partial charge in [0.2, 0.25) is 0 Å². The van der Waals surface area contributed by atoms with Crippen molar-refractivity contribution >= 4 is 17.3 Å². The van der Waals surface area contributed by atoms with Gasteiger partial charge in [-0.15, -0.1) is 0 Å². The minimum absolute atomic E-state index is 0.104. The highest BCUT2D eigenvalue weighted by molar-refractivity contribution is 6.04. The van der Waals surface area contributed by atoms with Gasteiger partial charge in [-0.25, -0.2) is 0 Å². The molecule has 1 fully saturated rings. The molecule has 1 aromatic heterocycles. The molecule has 4 heteroatoms. The second-order valence-electron chi connectivity index (χ2n) is 5.29. The predicted molar refractivity (Wildman–Crippen MR) is 84.7 cm³/mol. The third-order valence-corrected chi connectivity index (χ3v) is 3.77. The molecule has 2 aromatic rings. The smallest absolute Gasteiger partial charge is 0.255 e. The summed E-state index contributed by atoms with van der Waals surface area (Å²) in [6, 6.07) is 11.5. The second kappa shape index (κ2) is 6.39. The van der Waals surface area contributed by atoms with Crippen molar-refractivity contribution in [1.82, 2.24) is 4.98 Å². The Morgan fingerprint density at radius 1 is 1.05 bits per heavy atom. The van der Waals surface area contributed by atoms with E-state index >= 15 is 0 Å². The summed E-state index contributed by atoms with van der Waals surface area (Å²) in [7, 11) is 0. The number of piperidine rings is 1. The molecule has 108 valence electrons. The van der Waals surface area contributed by atoms with Crippen molar-refractivity contribution in [1.29, 1.82) is 0 Å². The van der Waals surface area contributed by atoms with E-state index in [-0.39, 0.29) is 5.91 Å². The number of amides is 1. The first-order valence-electron chi connectivity index (χ1n) is 7.39. The number of anilines is 2. The molecule has 1 aliphatic rings. The van der Waals surface area contributed by atoms with Crippen LogP contribution in [0.5, 0.6) is 0 Å². The van der Waals surface area contributed by atoms with Crippen LogP contribution in [0, 0.1) is 0 Å². The first-order chi connectivity index (χ1) is 10.3. The number of hydrogen-bond donors (Lipinski definition) is 1. The minimum atomic E-state index is -0.104. The lowest BCUT2D eigenvalue weighted by molar-refractivity contribution is 0.102. The van der Waals surface area contributed by atoms with Crippen LogP contribution in [0.25, 0.3) is 0 Å². The standard InChI is InChI=1S/C17H19N3O/c21-17(14-7-9-18-10-8-14)19-15-5-4-6-16(13-15)20-11-2-1-3-12-20/h4-10,13H,1-3,11-12H2,(H,19,21). The zero-order chi connectivity index (χ0) is 14.5. The molecule has 21 heavy (non-hydrogen) atoms. The monoisotopic (exact) mass is 281 g/mol. The van der Waals surface area contributed by atoms with Crippen molar-refractivity contribution in [3.63, 3.8) is 0 Å². The lowest BCUT2D eigenvalue weighted by atomic mass is 10.1. The zero-order valence-electron chi connectivity index (χ0n) is 12.0. The molecule has 4 nitrogen and oxygen atoms in total. The number of hydrogen-bond acceptors (Lipinski definition) is 3. The maximum Gasteiger partial charge on any atom is 0.255 e. The lowest BCUT2D eigenvalue weighted by Crippen LogP contribution is -2.29. The van der Waals surface area contributed by atoms with Gasteiger partial charge in [0.05, 0.1) is 0 Å². The van der Waals surface area contributed by atoms with Crippen LogP contribution >= 0.6 is 0 Å². The molecule has 0 saturated carbocycles. The van der Waals surface area contributed by atoms with Crippen LogP contribution in [0.1, 0.15) is 29.6 Å². The van der Waals surface area contributed by atoms with E-state index in [1.807, 2.05) is 18.2 Å². The van der Waals surface area contributed by atoms with Crippen molar-refractivity contribution in [2.24, 2.45) is 0 Å². The Morgan fingerprint density at radius 2 is 1.81 bits per heavy atom. The van der Waals surface area contributed by atoms with Crippen LogP contribution in [0.4, 0.5) is 11.4 Å². The number of carbonyl (C=O) groups excluding carboxylic acids is 1. The molecule has 2 heterocycles. The van der Waals surface area contributed by atoms with Crippen molar-refractivity contribution < 1.29 is 4.79 Å². The summed E-state index contributed by atoms with van der Waals surface area (Å²) in [6.07, 6.45) is 7.05. The third-order valence-electron chi connectivity index (χ3n) is 3.77. The molecule has 0 radical (unpaired) electrons. The summed E-state index contributed by atoms with van der Waals surface area (Å²) in [4.78, 5) is 18.5. The minimum Gasteiger partial charge on any atom is -0.371 e. The van der Waals surface area contributed by atoms with Crippen LogP contribution in [0.3, 0.4) is 0 Å². The Bertz CT molecular complexity index is 606. The second-order valence-corrected chi connectivity index (χ2v) is 5.29. The van der Waals surface area contributed by atoms with Gasteiger partial charge in [0, 0.05) is 42.4 Å². The largest absolute Gasteiger partial charge is 0.371 e. The first-order valence-corrected chi connectivity index (χ1v) is 7.39. The Balaban J connectivity index is 1.72. The van der Waals surface area contributed by atoms with E-state index in [2.05, 4.69) is 21.3 Å². The molecule has 3 rings (SSSR count). The highest BCUT2D eigenvalue weighted by Gasteiger charge is 2.12.